The van der Waals surface area contributed by atoms with Gasteiger partial charge in [0.15, 0.2) is 0 Å². The Labute approximate surface area is 119 Å². The first-order valence-electron chi connectivity index (χ1n) is 5.23. The fraction of sp³-hybridized carbons (Fsp3) is 0.300. The molecule has 20 heavy (non-hydrogen) atoms. The van der Waals surface area contributed by atoms with E-state index in [0.717, 1.165) is 6.07 Å². The van der Waals surface area contributed by atoms with Gasteiger partial charge in [-0.2, -0.15) is 13.2 Å². The molecule has 3 N–H and O–H groups in total. The first-order valence-corrected chi connectivity index (χ1v) is 6.03. The lowest BCUT2D eigenvalue weighted by molar-refractivity contribution is -0.148. The van der Waals surface area contributed by atoms with Gasteiger partial charge in [-0.3, -0.25) is 10.3 Å². The normalized spacial score (nSPS) is 11.1. The van der Waals surface area contributed by atoms with Crippen LogP contribution in [0.3, 0.4) is 0 Å². The van der Waals surface area contributed by atoms with Crippen LogP contribution in [0.15, 0.2) is 22.7 Å². The van der Waals surface area contributed by atoms with Gasteiger partial charge in [0.25, 0.3) is 0 Å². The van der Waals surface area contributed by atoms with E-state index in [2.05, 4.69) is 31.6 Å². The second-order valence-electron chi connectivity index (χ2n) is 3.52. The molecule has 1 aromatic carbocycles. The summed E-state index contributed by atoms with van der Waals surface area (Å²) in [6.45, 7) is -0.697. The quantitative estimate of drug-likeness (QED) is 0.430. The number of amides is 2. The minimum Gasteiger partial charge on any atom is -0.296 e. The standard InChI is InChI=1S/C10H10BrF4N3O2/c11-7-5-6(12)1-2-8(7)16-17-9(19)18-20-4-3-10(13,14)15/h1-2,5,16H,3-4H2,(H2,17,18,19). The SMILES string of the molecule is O=C(NNc1ccc(F)cc1Br)NOCCC(F)(F)F. The van der Waals surface area contributed by atoms with Crippen molar-refractivity contribution >= 4 is 27.6 Å². The molecule has 0 aliphatic rings. The highest BCUT2D eigenvalue weighted by molar-refractivity contribution is 9.10. The number of hydrogen-bond acceptors (Lipinski definition) is 3. The number of halogens is 5. The molecule has 112 valence electrons. The number of benzene rings is 1. The van der Waals surface area contributed by atoms with Crippen LogP contribution in [0.5, 0.6) is 0 Å². The van der Waals surface area contributed by atoms with Crippen molar-refractivity contribution in [3.05, 3.63) is 28.5 Å². The average molecular weight is 360 g/mol. The lowest BCUT2D eigenvalue weighted by atomic mass is 10.3. The van der Waals surface area contributed by atoms with Crippen molar-refractivity contribution in [2.75, 3.05) is 12.0 Å². The van der Waals surface area contributed by atoms with E-state index < -0.39 is 31.1 Å². The third-order valence-electron chi connectivity index (χ3n) is 1.89. The van der Waals surface area contributed by atoms with E-state index in [1.807, 2.05) is 0 Å². The van der Waals surface area contributed by atoms with Crippen LogP contribution in [0.25, 0.3) is 0 Å². The fourth-order valence-corrected chi connectivity index (χ4v) is 1.47. The Morgan fingerprint density at radius 3 is 2.65 bits per heavy atom. The molecule has 0 heterocycles. The number of rotatable bonds is 5. The Kier molecular flexibility index (Phi) is 6.02. The summed E-state index contributed by atoms with van der Waals surface area (Å²) >= 11 is 3.05. The summed E-state index contributed by atoms with van der Waals surface area (Å²) in [5, 5.41) is 0. The summed E-state index contributed by atoms with van der Waals surface area (Å²) in [5.74, 6) is -0.470. The summed E-state index contributed by atoms with van der Waals surface area (Å²) < 4.78 is 48.4. The Bertz CT molecular complexity index is 470. The van der Waals surface area contributed by atoms with Crippen molar-refractivity contribution in [3.8, 4) is 0 Å². The molecular weight excluding hydrogens is 350 g/mol. The zero-order valence-corrected chi connectivity index (χ0v) is 11.4. The Morgan fingerprint density at radius 1 is 1.35 bits per heavy atom. The monoisotopic (exact) mass is 359 g/mol. The molecule has 5 nitrogen and oxygen atoms in total. The average Bonchev–Trinajstić information content (AvgIpc) is 2.32. The van der Waals surface area contributed by atoms with Crippen LogP contribution in [-0.2, 0) is 4.84 Å². The Morgan fingerprint density at radius 2 is 2.05 bits per heavy atom. The molecular formula is C10H10BrF4N3O2. The third kappa shape index (κ3) is 6.57. The number of anilines is 1. The van der Waals surface area contributed by atoms with E-state index in [0.29, 0.717) is 10.2 Å². The molecule has 10 heteroatoms. The lowest BCUT2D eigenvalue weighted by Crippen LogP contribution is -2.39. The summed E-state index contributed by atoms with van der Waals surface area (Å²) in [7, 11) is 0. The number of urea groups is 1. The number of carbonyl (C=O) groups is 1. The molecule has 1 aromatic rings. The summed E-state index contributed by atoms with van der Waals surface area (Å²) in [5.41, 5.74) is 6.63. The molecule has 0 saturated heterocycles. The van der Waals surface area contributed by atoms with Gasteiger partial charge in [-0.05, 0) is 34.1 Å². The topological polar surface area (TPSA) is 62.4 Å². The number of hydrogen-bond donors (Lipinski definition) is 3. The van der Waals surface area contributed by atoms with Crippen LogP contribution < -0.4 is 16.3 Å². The predicted octanol–water partition coefficient (Wildman–Crippen LogP) is 3.10. The molecule has 0 saturated carbocycles. The second kappa shape index (κ2) is 7.29. The minimum atomic E-state index is -4.35. The van der Waals surface area contributed by atoms with Gasteiger partial charge in [0, 0.05) is 4.47 Å². The van der Waals surface area contributed by atoms with Crippen molar-refractivity contribution < 1.29 is 27.2 Å². The summed E-state index contributed by atoms with van der Waals surface area (Å²) in [4.78, 5) is 15.5. The molecule has 0 unspecified atom stereocenters. The number of nitrogens with one attached hydrogen (secondary N) is 3. The maximum absolute atomic E-state index is 12.8. The zero-order valence-electron chi connectivity index (χ0n) is 9.85. The zero-order chi connectivity index (χ0) is 15.2. The summed E-state index contributed by atoms with van der Waals surface area (Å²) in [6.07, 6.45) is -5.53. The van der Waals surface area contributed by atoms with E-state index >= 15 is 0 Å². The largest absolute Gasteiger partial charge is 0.391 e. The van der Waals surface area contributed by atoms with Crippen molar-refractivity contribution in [1.82, 2.24) is 10.9 Å². The molecule has 0 spiro atoms. The predicted molar refractivity (Wildman–Crippen MR) is 66.0 cm³/mol. The van der Waals surface area contributed by atoms with Crippen LogP contribution >= 0.6 is 15.9 Å². The van der Waals surface area contributed by atoms with E-state index in [1.165, 1.54) is 12.1 Å². The van der Waals surface area contributed by atoms with Crippen LogP contribution in [-0.4, -0.2) is 18.8 Å². The molecule has 1 rings (SSSR count). The Balaban J connectivity index is 2.26. The maximum Gasteiger partial charge on any atom is 0.391 e. The highest BCUT2D eigenvalue weighted by atomic mass is 79.9. The van der Waals surface area contributed by atoms with Gasteiger partial charge in [-0.15, -0.1) is 0 Å². The van der Waals surface area contributed by atoms with Gasteiger partial charge in [0.1, 0.15) is 5.82 Å². The highest BCUT2D eigenvalue weighted by Gasteiger charge is 2.26. The van der Waals surface area contributed by atoms with E-state index in [4.69, 9.17) is 0 Å². The second-order valence-corrected chi connectivity index (χ2v) is 4.37. The third-order valence-corrected chi connectivity index (χ3v) is 2.55. The molecule has 2 amide bonds. The summed E-state index contributed by atoms with van der Waals surface area (Å²) in [6, 6.07) is 2.78. The lowest BCUT2D eigenvalue weighted by Gasteiger charge is -2.11. The van der Waals surface area contributed by atoms with Crippen LogP contribution in [0.2, 0.25) is 0 Å². The van der Waals surface area contributed by atoms with Crippen molar-refractivity contribution in [2.45, 2.75) is 12.6 Å². The molecule has 0 aliphatic heterocycles. The van der Waals surface area contributed by atoms with E-state index in [1.54, 1.807) is 5.48 Å². The highest BCUT2D eigenvalue weighted by Crippen LogP contribution is 2.22. The number of carbonyl (C=O) groups excluding carboxylic acids is 1. The molecule has 0 aliphatic carbocycles. The Hall–Kier alpha value is -1.55. The first kappa shape index (κ1) is 16.5. The van der Waals surface area contributed by atoms with Gasteiger partial charge in [-0.25, -0.2) is 20.1 Å². The van der Waals surface area contributed by atoms with Gasteiger partial charge in [0.05, 0.1) is 18.7 Å². The smallest absolute Gasteiger partial charge is 0.296 e. The van der Waals surface area contributed by atoms with Crippen LogP contribution in [0.1, 0.15) is 6.42 Å². The maximum atomic E-state index is 12.8. The molecule has 0 bridgehead atoms. The number of alkyl halides is 3. The molecule has 0 radical (unpaired) electrons. The van der Waals surface area contributed by atoms with Crippen molar-refractivity contribution in [3.63, 3.8) is 0 Å². The van der Waals surface area contributed by atoms with E-state index in [9.17, 15) is 22.4 Å². The van der Waals surface area contributed by atoms with Gasteiger partial charge in [-0.1, -0.05) is 0 Å². The molecule has 0 atom stereocenters. The molecule has 0 fully saturated rings. The van der Waals surface area contributed by atoms with Crippen molar-refractivity contribution in [2.24, 2.45) is 0 Å². The molecule has 0 aromatic heterocycles. The minimum absolute atomic E-state index is 0.357. The van der Waals surface area contributed by atoms with Gasteiger partial charge in [0.2, 0.25) is 0 Å². The number of hydrazine groups is 1. The fourth-order valence-electron chi connectivity index (χ4n) is 1.02. The van der Waals surface area contributed by atoms with Gasteiger partial charge < -0.3 is 0 Å². The van der Waals surface area contributed by atoms with Gasteiger partial charge >= 0.3 is 12.2 Å². The van der Waals surface area contributed by atoms with Crippen molar-refractivity contribution in [1.29, 1.82) is 0 Å². The van der Waals surface area contributed by atoms with Crippen LogP contribution in [0, 0.1) is 5.82 Å². The van der Waals surface area contributed by atoms with Crippen LogP contribution in [0.4, 0.5) is 28.0 Å². The van der Waals surface area contributed by atoms with E-state index in [-0.39, 0.29) is 0 Å². The number of hydroxylamine groups is 1. The first-order chi connectivity index (χ1) is 9.28.